The molecule has 0 radical (unpaired) electrons. The van der Waals surface area contributed by atoms with E-state index >= 15 is 0 Å². The van der Waals surface area contributed by atoms with Gasteiger partial charge in [0.1, 0.15) is 15.8 Å². The molecule has 4 N–H and O–H groups in total. The van der Waals surface area contributed by atoms with Gasteiger partial charge in [0.25, 0.3) is 0 Å². The van der Waals surface area contributed by atoms with E-state index in [0.717, 1.165) is 24.8 Å². The summed E-state index contributed by atoms with van der Waals surface area (Å²) < 4.78 is 13.6. The fraction of sp³-hybridized carbons (Fsp3) is 0.500. The summed E-state index contributed by atoms with van der Waals surface area (Å²) in [5.74, 6) is -2.57. The average Bonchev–Trinajstić information content (AvgIpc) is 3.39. The Morgan fingerprint density at radius 2 is 1.61 bits per heavy atom. The zero-order valence-electron chi connectivity index (χ0n) is 19.8. The van der Waals surface area contributed by atoms with Crippen LogP contribution in [-0.4, -0.2) is 54.0 Å². The first-order chi connectivity index (χ1) is 17.0. The number of aromatic nitrogens is 4. The summed E-state index contributed by atoms with van der Waals surface area (Å²) in [4.78, 5) is 35.1. The van der Waals surface area contributed by atoms with Crippen LogP contribution in [0.25, 0.3) is 0 Å². The molecule has 194 valence electrons. The largest absolute Gasteiger partial charge is 0.479 e. The second-order valence-electron chi connectivity index (χ2n) is 8.75. The molecule has 14 heteroatoms. The molecule has 0 saturated heterocycles. The number of amides is 2. The van der Waals surface area contributed by atoms with Crippen molar-refractivity contribution in [1.29, 1.82) is 0 Å². The van der Waals surface area contributed by atoms with Gasteiger partial charge in [-0.25, -0.2) is 9.18 Å². The standard InChI is InChI=1S/C22H27FN6O5S2/c1-12-7-13(9-14(23)8-12)10-15(30)24-20-28-26-17(35-20)5-3-4-6-18-27-29-21(36-18)25-16(31)11-22(2,34)19(32)33/h7,9,12,34H,3-6,8,10-11H2,1-2H3,(H,32,33)(H,24,28,30)(H,25,29,31)/t12?,22-/m0/s1. The lowest BCUT2D eigenvalue weighted by Crippen LogP contribution is -2.38. The second kappa shape index (κ2) is 12.2. The maximum absolute atomic E-state index is 13.6. The number of aliphatic hydroxyl groups is 1. The molecule has 36 heavy (non-hydrogen) atoms. The highest BCUT2D eigenvalue weighted by atomic mass is 32.1. The molecule has 2 amide bonds. The van der Waals surface area contributed by atoms with Crippen molar-refractivity contribution in [3.63, 3.8) is 0 Å². The van der Waals surface area contributed by atoms with E-state index in [9.17, 15) is 23.9 Å². The van der Waals surface area contributed by atoms with E-state index in [4.69, 9.17) is 5.11 Å². The van der Waals surface area contributed by atoms with Gasteiger partial charge in [-0.1, -0.05) is 35.7 Å². The van der Waals surface area contributed by atoms with Crippen molar-refractivity contribution in [2.24, 2.45) is 5.92 Å². The van der Waals surface area contributed by atoms with Gasteiger partial charge in [-0.2, -0.15) is 0 Å². The van der Waals surface area contributed by atoms with Crippen LogP contribution in [0, 0.1) is 5.92 Å². The van der Waals surface area contributed by atoms with Gasteiger partial charge >= 0.3 is 5.97 Å². The van der Waals surface area contributed by atoms with Crippen LogP contribution in [0.5, 0.6) is 0 Å². The van der Waals surface area contributed by atoms with Gasteiger partial charge in [-0.05, 0) is 37.3 Å². The topological polar surface area (TPSA) is 167 Å². The monoisotopic (exact) mass is 538 g/mol. The zero-order chi connectivity index (χ0) is 26.3. The third-order valence-electron chi connectivity index (χ3n) is 5.15. The number of carbonyl (C=O) groups excluding carboxylic acids is 2. The number of carboxylic acids is 1. The molecule has 3 rings (SSSR count). The minimum Gasteiger partial charge on any atom is -0.479 e. The molecule has 1 aliphatic rings. The number of halogens is 1. The highest BCUT2D eigenvalue weighted by Gasteiger charge is 2.33. The summed E-state index contributed by atoms with van der Waals surface area (Å²) in [7, 11) is 0. The molecule has 2 heterocycles. The van der Waals surface area contributed by atoms with Crippen molar-refractivity contribution in [3.8, 4) is 0 Å². The van der Waals surface area contributed by atoms with Gasteiger partial charge in [-0.15, -0.1) is 20.4 Å². The molecule has 2 aromatic rings. The first-order valence-electron chi connectivity index (χ1n) is 11.3. The molecule has 0 aliphatic heterocycles. The van der Waals surface area contributed by atoms with Crippen molar-refractivity contribution in [2.45, 2.75) is 64.4 Å². The fourth-order valence-electron chi connectivity index (χ4n) is 3.41. The summed E-state index contributed by atoms with van der Waals surface area (Å²) in [5.41, 5.74) is -1.51. The van der Waals surface area contributed by atoms with Crippen LogP contribution in [0.4, 0.5) is 14.7 Å². The summed E-state index contributed by atoms with van der Waals surface area (Å²) in [5, 5.41) is 41.8. The van der Waals surface area contributed by atoms with E-state index in [2.05, 4.69) is 31.0 Å². The number of allylic oxidation sites excluding steroid dienone is 3. The molecule has 0 fully saturated rings. The van der Waals surface area contributed by atoms with Crippen molar-refractivity contribution < 1.29 is 29.0 Å². The van der Waals surface area contributed by atoms with Crippen LogP contribution < -0.4 is 10.6 Å². The Balaban J connectivity index is 1.37. The van der Waals surface area contributed by atoms with Gasteiger partial charge in [0.2, 0.25) is 22.1 Å². The van der Waals surface area contributed by atoms with Crippen molar-refractivity contribution >= 4 is 50.7 Å². The second-order valence-corrected chi connectivity index (χ2v) is 10.9. The lowest BCUT2D eigenvalue weighted by atomic mass is 9.95. The van der Waals surface area contributed by atoms with E-state index < -0.39 is 23.9 Å². The number of aliphatic carboxylic acids is 1. The van der Waals surface area contributed by atoms with E-state index in [1.54, 1.807) is 0 Å². The Morgan fingerprint density at radius 1 is 1.06 bits per heavy atom. The molecule has 1 unspecified atom stereocenters. The number of hydrogen-bond acceptors (Lipinski definition) is 10. The SMILES string of the molecule is CC1C=C(CC(=O)Nc2nnc(CCCCc3nnc(NC(=O)C[C@](C)(O)C(=O)O)s3)s2)C=C(F)C1. The molecule has 2 atom stereocenters. The molecule has 2 aromatic heterocycles. The Bertz CT molecular complexity index is 1180. The van der Waals surface area contributed by atoms with Crippen LogP contribution in [0.15, 0.2) is 23.6 Å². The Hall–Kier alpha value is -3.10. The summed E-state index contributed by atoms with van der Waals surface area (Å²) in [6, 6.07) is 0. The predicted octanol–water partition coefficient (Wildman–Crippen LogP) is 3.27. The van der Waals surface area contributed by atoms with Gasteiger partial charge in [0.15, 0.2) is 5.60 Å². The summed E-state index contributed by atoms with van der Waals surface area (Å²) in [6.45, 7) is 2.95. The summed E-state index contributed by atoms with van der Waals surface area (Å²) >= 11 is 2.47. The molecule has 11 nitrogen and oxygen atoms in total. The predicted molar refractivity (Wildman–Crippen MR) is 132 cm³/mol. The smallest absolute Gasteiger partial charge is 0.335 e. The summed E-state index contributed by atoms with van der Waals surface area (Å²) in [6.07, 6.45) is 6.00. The molecule has 0 aromatic carbocycles. The normalized spacial score (nSPS) is 17.1. The van der Waals surface area contributed by atoms with E-state index in [1.807, 2.05) is 13.0 Å². The highest BCUT2D eigenvalue weighted by Crippen LogP contribution is 2.26. The van der Waals surface area contributed by atoms with E-state index in [0.29, 0.717) is 35.0 Å². The Labute approximate surface area is 214 Å². The Morgan fingerprint density at radius 3 is 2.14 bits per heavy atom. The number of nitrogens with one attached hydrogen (secondary N) is 2. The van der Waals surface area contributed by atoms with Gasteiger partial charge in [0, 0.05) is 19.3 Å². The lowest BCUT2D eigenvalue weighted by molar-refractivity contribution is -0.158. The van der Waals surface area contributed by atoms with Crippen LogP contribution in [0.1, 0.15) is 56.0 Å². The van der Waals surface area contributed by atoms with Crippen molar-refractivity contribution in [2.75, 3.05) is 10.6 Å². The first kappa shape index (κ1) is 27.5. The molecular weight excluding hydrogens is 511 g/mol. The number of anilines is 2. The van der Waals surface area contributed by atoms with Gasteiger partial charge < -0.3 is 20.8 Å². The molecule has 0 bridgehead atoms. The quantitative estimate of drug-likeness (QED) is 0.296. The third kappa shape index (κ3) is 8.53. The molecule has 0 spiro atoms. The van der Waals surface area contributed by atoms with Crippen molar-refractivity contribution in [3.05, 3.63) is 33.6 Å². The molecule has 1 aliphatic carbocycles. The third-order valence-corrected chi connectivity index (χ3v) is 6.94. The zero-order valence-corrected chi connectivity index (χ0v) is 21.4. The maximum Gasteiger partial charge on any atom is 0.335 e. The Kier molecular flexibility index (Phi) is 9.34. The number of aryl methyl sites for hydroxylation is 2. The number of rotatable bonds is 12. The minimum atomic E-state index is -2.16. The van der Waals surface area contributed by atoms with Gasteiger partial charge in [0.05, 0.1) is 12.8 Å². The average molecular weight is 539 g/mol. The number of carbonyl (C=O) groups is 3. The van der Waals surface area contributed by atoms with Gasteiger partial charge in [-0.3, -0.25) is 9.59 Å². The van der Waals surface area contributed by atoms with Crippen LogP contribution in [0.2, 0.25) is 0 Å². The minimum absolute atomic E-state index is 0.0675. The molecular formula is C22H27FN6O5S2. The van der Waals surface area contributed by atoms with Crippen LogP contribution in [0.3, 0.4) is 0 Å². The lowest BCUT2D eigenvalue weighted by Gasteiger charge is -2.16. The van der Waals surface area contributed by atoms with E-state index in [1.165, 1.54) is 28.7 Å². The number of nitrogens with zero attached hydrogens (tertiary/aromatic N) is 4. The van der Waals surface area contributed by atoms with E-state index in [-0.39, 0.29) is 29.2 Å². The maximum atomic E-state index is 13.6. The number of hydrogen-bond donors (Lipinski definition) is 4. The van der Waals surface area contributed by atoms with Crippen LogP contribution >= 0.6 is 22.7 Å². The number of unbranched alkanes of at least 4 members (excludes halogenated alkanes) is 1. The number of carboxylic acid groups (broad SMARTS) is 1. The van der Waals surface area contributed by atoms with Crippen LogP contribution in [-0.2, 0) is 27.2 Å². The fourth-order valence-corrected chi connectivity index (χ4v) is 5.01. The molecule has 0 saturated carbocycles. The first-order valence-corrected chi connectivity index (χ1v) is 12.9. The highest BCUT2D eigenvalue weighted by molar-refractivity contribution is 7.15. The van der Waals surface area contributed by atoms with Crippen molar-refractivity contribution in [1.82, 2.24) is 20.4 Å².